The number of hydrogen-bond donors (Lipinski definition) is 2. The van der Waals surface area contributed by atoms with Gasteiger partial charge in [0, 0.05) is 24.0 Å². The molecule has 1 saturated heterocycles. The molecule has 1 aliphatic heterocycles. The second-order valence-corrected chi connectivity index (χ2v) is 8.71. The van der Waals surface area contributed by atoms with E-state index in [0.717, 1.165) is 17.1 Å². The number of amides is 3. The smallest absolute Gasteiger partial charge is 0.248 e. The highest BCUT2D eigenvalue weighted by Crippen LogP contribution is 2.25. The fourth-order valence-corrected chi connectivity index (χ4v) is 4.30. The summed E-state index contributed by atoms with van der Waals surface area (Å²) in [6, 6.07) is 8.64. The summed E-state index contributed by atoms with van der Waals surface area (Å²) in [6.45, 7) is 2.17. The maximum absolute atomic E-state index is 12.8. The first-order chi connectivity index (χ1) is 14.0. The molecule has 154 valence electrons. The maximum Gasteiger partial charge on any atom is 0.248 e. The van der Waals surface area contributed by atoms with Gasteiger partial charge in [-0.3, -0.25) is 14.4 Å². The van der Waals surface area contributed by atoms with E-state index < -0.39 is 12.0 Å². The Morgan fingerprint density at radius 1 is 1.34 bits per heavy atom. The van der Waals surface area contributed by atoms with Crippen molar-refractivity contribution in [3.8, 4) is 0 Å². The molecule has 0 spiro atoms. The van der Waals surface area contributed by atoms with Crippen LogP contribution in [0.25, 0.3) is 0 Å². The summed E-state index contributed by atoms with van der Waals surface area (Å²) in [7, 11) is 0. The topological polar surface area (TPSA) is 91.4 Å². The Kier molecular flexibility index (Phi) is 7.27. The van der Waals surface area contributed by atoms with Gasteiger partial charge in [0.25, 0.3) is 0 Å². The zero-order chi connectivity index (χ0) is 20.8. The Morgan fingerprint density at radius 2 is 2.10 bits per heavy atom. The van der Waals surface area contributed by atoms with Crippen LogP contribution in [0.2, 0.25) is 0 Å². The van der Waals surface area contributed by atoms with Gasteiger partial charge in [-0.25, -0.2) is 4.98 Å². The zero-order valence-electron chi connectivity index (χ0n) is 16.4. The monoisotopic (exact) mass is 432 g/mol. The van der Waals surface area contributed by atoms with E-state index in [-0.39, 0.29) is 24.1 Å². The van der Waals surface area contributed by atoms with Crippen molar-refractivity contribution in [3.05, 3.63) is 41.4 Å². The van der Waals surface area contributed by atoms with Crippen LogP contribution >= 0.6 is 23.1 Å². The molecule has 0 bridgehead atoms. The van der Waals surface area contributed by atoms with E-state index in [9.17, 15) is 14.4 Å². The lowest BCUT2D eigenvalue weighted by atomic mass is 10.1. The normalized spacial score (nSPS) is 17.2. The lowest BCUT2D eigenvalue weighted by Crippen LogP contribution is -2.46. The second kappa shape index (κ2) is 9.89. The van der Waals surface area contributed by atoms with Crippen LogP contribution < -0.4 is 15.5 Å². The Bertz CT molecular complexity index is 872. The van der Waals surface area contributed by atoms with Crippen molar-refractivity contribution in [2.45, 2.75) is 25.8 Å². The molecule has 2 unspecified atom stereocenters. The van der Waals surface area contributed by atoms with Gasteiger partial charge in [0.05, 0.1) is 11.6 Å². The summed E-state index contributed by atoms with van der Waals surface area (Å²) < 4.78 is 0. The molecule has 1 aromatic carbocycles. The number of aryl methyl sites for hydroxylation is 1. The highest BCUT2D eigenvalue weighted by Gasteiger charge is 2.36. The summed E-state index contributed by atoms with van der Waals surface area (Å²) in [5, 5.41) is 8.00. The maximum atomic E-state index is 12.8. The first kappa shape index (κ1) is 21.3. The fourth-order valence-electron chi connectivity index (χ4n) is 3.14. The third-order valence-corrected chi connectivity index (χ3v) is 6.18. The number of para-hydroxylation sites is 1. The SMILES string of the molecule is CSCCC(NC(=O)C1CC(=O)N(c2ccccc2)C1)C(=O)Nc1nc(C)cs1. The molecule has 7 nitrogen and oxygen atoms in total. The largest absolute Gasteiger partial charge is 0.344 e. The highest BCUT2D eigenvalue weighted by molar-refractivity contribution is 7.98. The van der Waals surface area contributed by atoms with Crippen LogP contribution in [0.5, 0.6) is 0 Å². The number of carbonyl (C=O) groups excluding carboxylic acids is 3. The number of benzene rings is 1. The van der Waals surface area contributed by atoms with Gasteiger partial charge in [-0.05, 0) is 37.5 Å². The summed E-state index contributed by atoms with van der Waals surface area (Å²) in [5.74, 6) is -0.386. The van der Waals surface area contributed by atoms with Gasteiger partial charge in [0.15, 0.2) is 5.13 Å². The molecule has 2 heterocycles. The van der Waals surface area contributed by atoms with E-state index in [2.05, 4.69) is 15.6 Å². The number of nitrogens with zero attached hydrogens (tertiary/aromatic N) is 2. The van der Waals surface area contributed by atoms with Crippen molar-refractivity contribution < 1.29 is 14.4 Å². The number of thiazole rings is 1. The molecule has 2 atom stereocenters. The number of thioether (sulfide) groups is 1. The van der Waals surface area contributed by atoms with Crippen LogP contribution in [-0.2, 0) is 14.4 Å². The molecule has 1 fully saturated rings. The quantitative estimate of drug-likeness (QED) is 0.669. The molecule has 0 saturated carbocycles. The average molecular weight is 433 g/mol. The summed E-state index contributed by atoms with van der Waals surface area (Å²) in [6.07, 6.45) is 2.60. The molecule has 0 aliphatic carbocycles. The van der Waals surface area contributed by atoms with E-state index in [1.807, 2.05) is 48.9 Å². The van der Waals surface area contributed by atoms with Crippen molar-refractivity contribution in [2.24, 2.45) is 5.92 Å². The van der Waals surface area contributed by atoms with Crippen LogP contribution in [0.3, 0.4) is 0 Å². The highest BCUT2D eigenvalue weighted by atomic mass is 32.2. The molecule has 3 amide bonds. The lowest BCUT2D eigenvalue weighted by molar-refractivity contribution is -0.129. The fraction of sp³-hybridized carbons (Fsp3) is 0.400. The van der Waals surface area contributed by atoms with Crippen molar-refractivity contribution in [1.82, 2.24) is 10.3 Å². The first-order valence-electron chi connectivity index (χ1n) is 9.35. The minimum Gasteiger partial charge on any atom is -0.344 e. The Hall–Kier alpha value is -2.39. The van der Waals surface area contributed by atoms with Crippen LogP contribution in [-0.4, -0.2) is 47.3 Å². The molecular formula is C20H24N4O3S2. The van der Waals surface area contributed by atoms with Crippen molar-refractivity contribution in [2.75, 3.05) is 28.8 Å². The molecule has 3 rings (SSSR count). The molecule has 0 radical (unpaired) electrons. The summed E-state index contributed by atoms with van der Waals surface area (Å²) in [4.78, 5) is 43.7. The summed E-state index contributed by atoms with van der Waals surface area (Å²) in [5.41, 5.74) is 1.61. The predicted molar refractivity (Wildman–Crippen MR) is 117 cm³/mol. The zero-order valence-corrected chi connectivity index (χ0v) is 18.0. The number of hydrogen-bond acceptors (Lipinski definition) is 6. The number of nitrogens with one attached hydrogen (secondary N) is 2. The van der Waals surface area contributed by atoms with E-state index in [1.54, 1.807) is 16.7 Å². The molecule has 1 aromatic heterocycles. The molecule has 2 aromatic rings. The predicted octanol–water partition coefficient (Wildman–Crippen LogP) is 2.68. The van der Waals surface area contributed by atoms with Gasteiger partial charge < -0.3 is 15.5 Å². The first-order valence-corrected chi connectivity index (χ1v) is 11.6. The number of rotatable bonds is 8. The van der Waals surface area contributed by atoms with E-state index >= 15 is 0 Å². The Labute approximate surface area is 178 Å². The van der Waals surface area contributed by atoms with Gasteiger partial charge in [-0.2, -0.15) is 11.8 Å². The minimum atomic E-state index is -0.667. The van der Waals surface area contributed by atoms with Crippen LogP contribution in [0.1, 0.15) is 18.5 Å². The number of anilines is 2. The van der Waals surface area contributed by atoms with Crippen LogP contribution in [0, 0.1) is 12.8 Å². The molecule has 2 N–H and O–H groups in total. The van der Waals surface area contributed by atoms with Crippen LogP contribution in [0.4, 0.5) is 10.8 Å². The van der Waals surface area contributed by atoms with Crippen molar-refractivity contribution >= 4 is 51.6 Å². The van der Waals surface area contributed by atoms with Gasteiger partial charge in [-0.1, -0.05) is 18.2 Å². The van der Waals surface area contributed by atoms with E-state index in [4.69, 9.17) is 0 Å². The van der Waals surface area contributed by atoms with Crippen LogP contribution in [0.15, 0.2) is 35.7 Å². The Balaban J connectivity index is 1.63. The molecule has 1 aliphatic rings. The molecular weight excluding hydrogens is 408 g/mol. The number of carbonyl (C=O) groups is 3. The second-order valence-electron chi connectivity index (χ2n) is 6.87. The van der Waals surface area contributed by atoms with E-state index in [0.29, 0.717) is 18.1 Å². The van der Waals surface area contributed by atoms with Crippen molar-refractivity contribution in [1.29, 1.82) is 0 Å². The van der Waals surface area contributed by atoms with Gasteiger partial charge in [-0.15, -0.1) is 11.3 Å². The minimum absolute atomic E-state index is 0.0836. The van der Waals surface area contributed by atoms with Gasteiger partial charge in [0.2, 0.25) is 17.7 Å². The Morgan fingerprint density at radius 3 is 2.76 bits per heavy atom. The van der Waals surface area contributed by atoms with E-state index in [1.165, 1.54) is 11.3 Å². The van der Waals surface area contributed by atoms with Gasteiger partial charge in [0.1, 0.15) is 6.04 Å². The third-order valence-electron chi connectivity index (χ3n) is 4.66. The van der Waals surface area contributed by atoms with Crippen molar-refractivity contribution in [3.63, 3.8) is 0 Å². The average Bonchev–Trinajstić information content (AvgIpc) is 3.30. The lowest BCUT2D eigenvalue weighted by Gasteiger charge is -2.20. The summed E-state index contributed by atoms with van der Waals surface area (Å²) >= 11 is 2.96. The third kappa shape index (κ3) is 5.57. The van der Waals surface area contributed by atoms with Gasteiger partial charge >= 0.3 is 0 Å². The molecule has 29 heavy (non-hydrogen) atoms. The standard InChI is InChI=1S/C20H24N4O3S2/c1-13-12-29-20(21-13)23-19(27)16(8-9-28-2)22-18(26)14-10-17(25)24(11-14)15-6-4-3-5-7-15/h3-7,12,14,16H,8-11H2,1-2H3,(H,22,26)(H,21,23,27). The molecule has 9 heteroatoms. The number of aromatic nitrogens is 1.